The number of likely N-dealkylation sites (N-methyl/N-ethyl adjacent to an activating group) is 1. The molecule has 30 heavy (non-hydrogen) atoms. The highest BCUT2D eigenvalue weighted by Crippen LogP contribution is 2.16. The summed E-state index contributed by atoms with van der Waals surface area (Å²) in [5.41, 5.74) is 10.3. The van der Waals surface area contributed by atoms with Gasteiger partial charge in [0.2, 0.25) is 5.95 Å². The Kier molecular flexibility index (Phi) is 6.29. The second-order valence-electron chi connectivity index (χ2n) is 7.28. The summed E-state index contributed by atoms with van der Waals surface area (Å²) in [4.78, 5) is 34.5. The van der Waals surface area contributed by atoms with Crippen LogP contribution < -0.4 is 5.73 Å². The van der Waals surface area contributed by atoms with Crippen molar-refractivity contribution in [3.63, 3.8) is 0 Å². The zero-order chi connectivity index (χ0) is 21.8. The lowest BCUT2D eigenvalue weighted by Gasteiger charge is -2.18. The molecule has 3 aromatic rings. The van der Waals surface area contributed by atoms with Crippen LogP contribution in [0.3, 0.4) is 0 Å². The topological polar surface area (TPSA) is 116 Å². The molecule has 0 atom stereocenters. The molecule has 2 N–H and O–H groups in total. The minimum Gasteiger partial charge on any atom is -0.456 e. The number of rotatable bonds is 7. The minimum atomic E-state index is -0.440. The predicted octanol–water partition coefficient (Wildman–Crippen LogP) is 1.77. The lowest BCUT2D eigenvalue weighted by molar-refractivity contribution is -0.151. The molecule has 1 amide bonds. The number of esters is 1. The molecule has 9 nitrogen and oxygen atoms in total. The van der Waals surface area contributed by atoms with Gasteiger partial charge in [-0.15, -0.1) is 5.10 Å². The maximum Gasteiger partial charge on any atom is 0.306 e. The lowest BCUT2D eigenvalue weighted by atomic mass is 10.1. The zero-order valence-electron chi connectivity index (χ0n) is 17.7. The van der Waals surface area contributed by atoms with Crippen LogP contribution in [0, 0.1) is 20.8 Å². The van der Waals surface area contributed by atoms with E-state index in [0.717, 1.165) is 28.1 Å². The van der Waals surface area contributed by atoms with Crippen molar-refractivity contribution in [2.24, 2.45) is 0 Å². The number of benzene rings is 1. The summed E-state index contributed by atoms with van der Waals surface area (Å²) in [7, 11) is 1.69. The highest BCUT2D eigenvalue weighted by atomic mass is 16.5. The standard InChI is InChI=1S/C21H26N6O3/c1-13-7-5-6-8-16(13)11-26(4)18(28)12-30-19(29)10-9-17-14(2)23-21-24-20(22)25-27(21)15(17)3/h5-8H,9-12H2,1-4H3,(H2,22,25). The van der Waals surface area contributed by atoms with Crippen LogP contribution in [0.15, 0.2) is 24.3 Å². The highest BCUT2D eigenvalue weighted by Gasteiger charge is 2.16. The van der Waals surface area contributed by atoms with E-state index in [1.807, 2.05) is 45.0 Å². The maximum absolute atomic E-state index is 12.3. The van der Waals surface area contributed by atoms with Crippen molar-refractivity contribution in [2.75, 3.05) is 19.4 Å². The van der Waals surface area contributed by atoms with Gasteiger partial charge in [-0.25, -0.2) is 4.98 Å². The molecule has 0 saturated heterocycles. The van der Waals surface area contributed by atoms with E-state index >= 15 is 0 Å². The molecule has 0 spiro atoms. The number of nitrogens with zero attached hydrogens (tertiary/aromatic N) is 5. The van der Waals surface area contributed by atoms with Crippen LogP contribution in [0.4, 0.5) is 5.95 Å². The van der Waals surface area contributed by atoms with Gasteiger partial charge in [-0.1, -0.05) is 24.3 Å². The number of aromatic nitrogens is 4. The van der Waals surface area contributed by atoms with E-state index in [1.54, 1.807) is 16.5 Å². The average molecular weight is 410 g/mol. The van der Waals surface area contributed by atoms with Gasteiger partial charge in [0.05, 0.1) is 0 Å². The molecule has 2 heterocycles. The van der Waals surface area contributed by atoms with Crippen molar-refractivity contribution in [1.29, 1.82) is 0 Å². The van der Waals surface area contributed by atoms with E-state index in [4.69, 9.17) is 10.5 Å². The molecule has 158 valence electrons. The van der Waals surface area contributed by atoms with Gasteiger partial charge in [-0.3, -0.25) is 9.59 Å². The maximum atomic E-state index is 12.3. The molecule has 9 heteroatoms. The van der Waals surface area contributed by atoms with Gasteiger partial charge in [-0.2, -0.15) is 9.50 Å². The number of amides is 1. The number of nitrogens with two attached hydrogens (primary N) is 1. The van der Waals surface area contributed by atoms with Crippen molar-refractivity contribution in [3.8, 4) is 0 Å². The molecule has 2 aromatic heterocycles. The molecule has 3 rings (SSSR count). The quantitative estimate of drug-likeness (QED) is 0.590. The fourth-order valence-corrected chi connectivity index (χ4v) is 3.27. The van der Waals surface area contributed by atoms with E-state index in [1.165, 1.54) is 0 Å². The molecule has 0 saturated carbocycles. The first-order valence-electron chi connectivity index (χ1n) is 9.68. The summed E-state index contributed by atoms with van der Waals surface area (Å²) in [5, 5.41) is 4.12. The molecule has 0 unspecified atom stereocenters. The minimum absolute atomic E-state index is 0.133. The Bertz CT molecular complexity index is 1090. The summed E-state index contributed by atoms with van der Waals surface area (Å²) in [6.45, 7) is 5.91. The number of anilines is 1. The fourth-order valence-electron chi connectivity index (χ4n) is 3.27. The normalized spacial score (nSPS) is 10.9. The van der Waals surface area contributed by atoms with E-state index in [2.05, 4.69) is 15.1 Å². The first kappa shape index (κ1) is 21.2. The van der Waals surface area contributed by atoms with Crippen LogP contribution in [0.2, 0.25) is 0 Å². The molecule has 1 aromatic carbocycles. The molecular formula is C21H26N6O3. The number of nitrogen functional groups attached to an aromatic ring is 1. The van der Waals surface area contributed by atoms with Gasteiger partial charge >= 0.3 is 5.97 Å². The summed E-state index contributed by atoms with van der Waals surface area (Å²) >= 11 is 0. The van der Waals surface area contributed by atoms with Gasteiger partial charge in [0.25, 0.3) is 11.7 Å². The molecule has 0 bridgehead atoms. The summed E-state index contributed by atoms with van der Waals surface area (Å²) < 4.78 is 6.74. The Morgan fingerprint density at radius 3 is 2.63 bits per heavy atom. The summed E-state index contributed by atoms with van der Waals surface area (Å²) in [5.74, 6) is -0.115. The first-order chi connectivity index (χ1) is 14.3. The van der Waals surface area contributed by atoms with Crippen molar-refractivity contribution in [1.82, 2.24) is 24.5 Å². The number of carbonyl (C=O) groups excluding carboxylic acids is 2. The Labute approximate surface area is 174 Å². The number of aryl methyl sites for hydroxylation is 3. The van der Waals surface area contributed by atoms with Crippen molar-refractivity contribution < 1.29 is 14.3 Å². The zero-order valence-corrected chi connectivity index (χ0v) is 17.7. The average Bonchev–Trinajstić information content (AvgIpc) is 3.07. The van der Waals surface area contributed by atoms with E-state index < -0.39 is 5.97 Å². The van der Waals surface area contributed by atoms with Crippen molar-refractivity contribution in [2.45, 2.75) is 40.2 Å². The third-order valence-corrected chi connectivity index (χ3v) is 5.10. The number of hydrogen-bond donors (Lipinski definition) is 1. The smallest absolute Gasteiger partial charge is 0.306 e. The lowest BCUT2D eigenvalue weighted by Crippen LogP contribution is -2.31. The van der Waals surface area contributed by atoms with E-state index in [9.17, 15) is 9.59 Å². The third kappa shape index (κ3) is 4.73. The largest absolute Gasteiger partial charge is 0.456 e. The van der Waals surface area contributed by atoms with Crippen LogP contribution >= 0.6 is 0 Å². The van der Waals surface area contributed by atoms with Crippen LogP contribution in [0.25, 0.3) is 5.78 Å². The van der Waals surface area contributed by atoms with E-state index in [0.29, 0.717) is 18.7 Å². The Morgan fingerprint density at radius 2 is 1.90 bits per heavy atom. The first-order valence-corrected chi connectivity index (χ1v) is 9.68. The fraction of sp³-hybridized carbons (Fsp3) is 0.381. The van der Waals surface area contributed by atoms with Gasteiger partial charge < -0.3 is 15.4 Å². The van der Waals surface area contributed by atoms with Crippen LogP contribution in [0.5, 0.6) is 0 Å². The number of hydrogen-bond acceptors (Lipinski definition) is 7. The van der Waals surface area contributed by atoms with Gasteiger partial charge in [0.1, 0.15) is 0 Å². The Morgan fingerprint density at radius 1 is 1.17 bits per heavy atom. The Balaban J connectivity index is 1.53. The SMILES string of the molecule is Cc1ccccc1CN(C)C(=O)COC(=O)CCc1c(C)nc2nc(N)nn2c1C. The van der Waals surface area contributed by atoms with Crippen LogP contribution in [0.1, 0.15) is 34.5 Å². The van der Waals surface area contributed by atoms with Gasteiger partial charge in [0, 0.05) is 31.4 Å². The molecule has 0 aliphatic heterocycles. The summed E-state index contributed by atoms with van der Waals surface area (Å²) in [6.07, 6.45) is 0.556. The molecule has 0 radical (unpaired) electrons. The second kappa shape index (κ2) is 8.89. The second-order valence-corrected chi connectivity index (χ2v) is 7.28. The van der Waals surface area contributed by atoms with Crippen molar-refractivity contribution in [3.05, 3.63) is 52.3 Å². The third-order valence-electron chi connectivity index (χ3n) is 5.10. The predicted molar refractivity (Wildman–Crippen MR) is 112 cm³/mol. The molecule has 0 aliphatic carbocycles. The number of carbonyl (C=O) groups is 2. The molecule has 0 fully saturated rings. The van der Waals surface area contributed by atoms with Crippen LogP contribution in [-0.4, -0.2) is 50.0 Å². The van der Waals surface area contributed by atoms with Gasteiger partial charge in [-0.05, 0) is 43.9 Å². The monoisotopic (exact) mass is 410 g/mol. The molecular weight excluding hydrogens is 384 g/mol. The van der Waals surface area contributed by atoms with Crippen molar-refractivity contribution >= 4 is 23.6 Å². The van der Waals surface area contributed by atoms with Crippen LogP contribution in [-0.2, 0) is 27.3 Å². The highest BCUT2D eigenvalue weighted by molar-refractivity contribution is 5.80. The Hall–Kier alpha value is -3.49. The number of fused-ring (bicyclic) bond motifs is 1. The van der Waals surface area contributed by atoms with Gasteiger partial charge in [0.15, 0.2) is 6.61 Å². The summed E-state index contributed by atoms with van der Waals surface area (Å²) in [6, 6.07) is 7.86. The number of ether oxygens (including phenoxy) is 1. The van der Waals surface area contributed by atoms with E-state index in [-0.39, 0.29) is 24.9 Å². The molecule has 0 aliphatic rings.